The molecule has 2 rings (SSSR count). The Labute approximate surface area is 121 Å². The molecule has 0 spiro atoms. The molecule has 0 aliphatic carbocycles. The number of halogens is 3. The molecule has 2 aromatic heterocycles. The van der Waals surface area contributed by atoms with Gasteiger partial charge in [-0.1, -0.05) is 5.16 Å². The highest BCUT2D eigenvalue weighted by atomic mass is 19.4. The summed E-state index contributed by atoms with van der Waals surface area (Å²) >= 11 is 0. The monoisotopic (exact) mass is 316 g/mol. The summed E-state index contributed by atoms with van der Waals surface area (Å²) in [6.07, 6.45) is -2.88. The summed E-state index contributed by atoms with van der Waals surface area (Å²) in [7, 11) is 1.31. The highest BCUT2D eigenvalue weighted by Gasteiger charge is 2.35. The number of anilines is 1. The molecule has 2 heterocycles. The van der Waals surface area contributed by atoms with E-state index in [4.69, 9.17) is 4.52 Å². The molecule has 2 N–H and O–H groups in total. The summed E-state index contributed by atoms with van der Waals surface area (Å²) in [5, 5.41) is 8.15. The fraction of sp³-hybridized carbons (Fsp3) is 0.250. The van der Waals surface area contributed by atoms with E-state index in [-0.39, 0.29) is 11.4 Å². The molecular formula is C12H11F3N4O3. The Morgan fingerprint density at radius 3 is 2.86 bits per heavy atom. The normalized spacial score (nSPS) is 12.3. The van der Waals surface area contributed by atoms with Crippen molar-refractivity contribution in [3.8, 4) is 0 Å². The lowest BCUT2D eigenvalue weighted by atomic mass is 10.1. The van der Waals surface area contributed by atoms with Gasteiger partial charge in [0.1, 0.15) is 7.11 Å². The minimum atomic E-state index is -4.67. The van der Waals surface area contributed by atoms with Gasteiger partial charge in [-0.2, -0.15) is 18.3 Å². The maximum Gasteiger partial charge on any atom is 0.417 e. The molecule has 0 radical (unpaired) electrons. The third kappa shape index (κ3) is 3.10. The zero-order valence-corrected chi connectivity index (χ0v) is 11.5. The van der Waals surface area contributed by atoms with Crippen LogP contribution in [0.1, 0.15) is 21.5 Å². The fourth-order valence-corrected chi connectivity index (χ4v) is 1.65. The maximum atomic E-state index is 12.9. The Morgan fingerprint density at radius 1 is 1.50 bits per heavy atom. The van der Waals surface area contributed by atoms with E-state index in [9.17, 15) is 18.0 Å². The second kappa shape index (κ2) is 5.92. The summed E-state index contributed by atoms with van der Waals surface area (Å²) in [6.45, 7) is 1.54. The van der Waals surface area contributed by atoms with Gasteiger partial charge in [-0.05, 0) is 13.0 Å². The highest BCUT2D eigenvalue weighted by Crippen LogP contribution is 2.31. The van der Waals surface area contributed by atoms with Crippen LogP contribution in [0.4, 0.5) is 19.1 Å². The number of carbonyl (C=O) groups excluding carboxylic acids is 1. The number of rotatable bonds is 3. The van der Waals surface area contributed by atoms with Crippen LogP contribution in [-0.4, -0.2) is 23.2 Å². The van der Waals surface area contributed by atoms with Gasteiger partial charge < -0.3 is 9.36 Å². The van der Waals surface area contributed by atoms with E-state index in [2.05, 4.69) is 25.5 Å². The first kappa shape index (κ1) is 15.6. The predicted octanol–water partition coefficient (Wildman–Crippen LogP) is 2.04. The van der Waals surface area contributed by atoms with Crippen LogP contribution in [0.25, 0.3) is 0 Å². The number of pyridine rings is 1. The van der Waals surface area contributed by atoms with E-state index in [1.807, 2.05) is 0 Å². The van der Waals surface area contributed by atoms with E-state index in [0.29, 0.717) is 5.56 Å². The fourth-order valence-electron chi connectivity index (χ4n) is 1.65. The molecule has 0 unspecified atom stereocenters. The van der Waals surface area contributed by atoms with Crippen LogP contribution in [0.2, 0.25) is 0 Å². The van der Waals surface area contributed by atoms with E-state index >= 15 is 0 Å². The van der Waals surface area contributed by atoms with Crippen LogP contribution in [-0.2, 0) is 11.0 Å². The minimum Gasteiger partial charge on any atom is -0.397 e. The van der Waals surface area contributed by atoms with Gasteiger partial charge in [-0.15, -0.1) is 0 Å². The zero-order valence-electron chi connectivity index (χ0n) is 11.5. The number of nitrogens with zero attached hydrogens (tertiary/aromatic N) is 2. The van der Waals surface area contributed by atoms with Gasteiger partial charge in [0.2, 0.25) is 11.4 Å². The van der Waals surface area contributed by atoms with Crippen molar-refractivity contribution in [2.24, 2.45) is 5.16 Å². The first-order chi connectivity index (χ1) is 10.3. The Kier molecular flexibility index (Phi) is 4.20. The molecule has 0 aromatic carbocycles. The van der Waals surface area contributed by atoms with Gasteiger partial charge in [-0.25, -0.2) is 0 Å². The van der Waals surface area contributed by atoms with Crippen LogP contribution >= 0.6 is 0 Å². The average molecular weight is 316 g/mol. The zero-order chi connectivity index (χ0) is 16.3. The number of aromatic amines is 1. The molecule has 0 aliphatic heterocycles. The second-order valence-corrected chi connectivity index (χ2v) is 4.15. The molecule has 1 amide bonds. The van der Waals surface area contributed by atoms with Crippen molar-refractivity contribution >= 4 is 11.8 Å². The maximum absolute atomic E-state index is 12.9. The topological polar surface area (TPSA) is 92.5 Å². The Hall–Kier alpha value is -2.78. The van der Waals surface area contributed by atoms with Crippen LogP contribution in [0.3, 0.4) is 0 Å². The number of aromatic nitrogens is 2. The van der Waals surface area contributed by atoms with Gasteiger partial charge >= 0.3 is 6.18 Å². The third-order valence-corrected chi connectivity index (χ3v) is 2.73. The standard InChI is InChI=1S/C12H11F3N4O3/c1-6-9(18-21-2)19-22-11(6)17-10(20)7-5-16-4-3-8(7)12(13,14)15/h3-5H,1-2H3,(H,17,20)(H,18,19). The van der Waals surface area contributed by atoms with E-state index in [1.165, 1.54) is 7.11 Å². The Bertz CT molecular complexity index is 749. The quantitative estimate of drug-likeness (QED) is 0.848. The van der Waals surface area contributed by atoms with Crippen molar-refractivity contribution in [3.05, 3.63) is 40.6 Å². The summed E-state index contributed by atoms with van der Waals surface area (Å²) in [4.78, 5) is 20.1. The molecule has 22 heavy (non-hydrogen) atoms. The number of H-pyrrole nitrogens is 1. The second-order valence-electron chi connectivity index (χ2n) is 4.15. The predicted molar refractivity (Wildman–Crippen MR) is 67.6 cm³/mol. The number of hydrogen-bond acceptors (Lipinski definition) is 5. The van der Waals surface area contributed by atoms with Crippen molar-refractivity contribution in [2.45, 2.75) is 13.1 Å². The number of alkyl halides is 3. The van der Waals surface area contributed by atoms with E-state index < -0.39 is 23.2 Å². The molecule has 0 atom stereocenters. The van der Waals surface area contributed by atoms with Crippen LogP contribution in [0.5, 0.6) is 0 Å². The van der Waals surface area contributed by atoms with Crippen molar-refractivity contribution < 1.29 is 27.3 Å². The summed E-state index contributed by atoms with van der Waals surface area (Å²) < 4.78 is 43.5. The molecule has 0 saturated heterocycles. The van der Waals surface area contributed by atoms with Crippen LogP contribution in [0.15, 0.2) is 28.1 Å². The molecule has 2 aromatic rings. The summed E-state index contributed by atoms with van der Waals surface area (Å²) in [5.41, 5.74) is -1.14. The van der Waals surface area contributed by atoms with Crippen LogP contribution in [0, 0.1) is 6.92 Å². The summed E-state index contributed by atoms with van der Waals surface area (Å²) in [5.74, 6) is -1.08. The van der Waals surface area contributed by atoms with Gasteiger partial charge in [0, 0.05) is 12.4 Å². The Morgan fingerprint density at radius 2 is 2.23 bits per heavy atom. The van der Waals surface area contributed by atoms with E-state index in [1.54, 1.807) is 6.92 Å². The first-order valence-corrected chi connectivity index (χ1v) is 5.92. The lowest BCUT2D eigenvalue weighted by Gasteiger charge is -2.11. The lowest BCUT2D eigenvalue weighted by molar-refractivity contribution is -0.138. The molecule has 0 aliphatic rings. The largest absolute Gasteiger partial charge is 0.417 e. The average Bonchev–Trinajstić information content (AvgIpc) is 2.80. The van der Waals surface area contributed by atoms with E-state index in [0.717, 1.165) is 18.5 Å². The van der Waals surface area contributed by atoms with Crippen molar-refractivity contribution in [1.29, 1.82) is 0 Å². The third-order valence-electron chi connectivity index (χ3n) is 2.73. The van der Waals surface area contributed by atoms with Gasteiger partial charge in [0.05, 0.1) is 16.7 Å². The number of nitrogens with one attached hydrogen (secondary N) is 2. The number of carbonyl (C=O) groups is 1. The van der Waals surface area contributed by atoms with Gasteiger partial charge in [0.15, 0.2) is 0 Å². The van der Waals surface area contributed by atoms with Gasteiger partial charge in [-0.3, -0.25) is 15.1 Å². The molecule has 0 bridgehead atoms. The molecule has 10 heteroatoms. The number of amides is 1. The molecule has 0 fully saturated rings. The molecule has 118 valence electrons. The lowest BCUT2D eigenvalue weighted by Crippen LogP contribution is -2.19. The number of hydrogen-bond donors (Lipinski definition) is 2. The summed E-state index contributed by atoms with van der Waals surface area (Å²) in [6, 6.07) is 0.724. The molecular weight excluding hydrogens is 305 g/mol. The van der Waals surface area contributed by atoms with Gasteiger partial charge in [0.25, 0.3) is 5.91 Å². The highest BCUT2D eigenvalue weighted by molar-refractivity contribution is 6.04. The smallest absolute Gasteiger partial charge is 0.397 e. The first-order valence-electron chi connectivity index (χ1n) is 5.92. The Balaban J connectivity index is 2.33. The van der Waals surface area contributed by atoms with Crippen molar-refractivity contribution in [2.75, 3.05) is 12.4 Å². The van der Waals surface area contributed by atoms with Crippen molar-refractivity contribution in [1.82, 2.24) is 10.1 Å². The molecule has 0 saturated carbocycles. The minimum absolute atomic E-state index is 0.0715. The van der Waals surface area contributed by atoms with Crippen LogP contribution < -0.4 is 10.8 Å². The molecule has 7 nitrogen and oxygen atoms in total. The SMILES string of the molecule is CON=c1[nH]oc(NC(=O)c2cnccc2C(F)(F)F)c1C. The van der Waals surface area contributed by atoms with Crippen molar-refractivity contribution in [3.63, 3.8) is 0 Å².